The summed E-state index contributed by atoms with van der Waals surface area (Å²) in [6, 6.07) is 23.7. The van der Waals surface area contributed by atoms with Gasteiger partial charge in [-0.1, -0.05) is 61.0 Å². The summed E-state index contributed by atoms with van der Waals surface area (Å²) in [7, 11) is 3.26. The smallest absolute Gasteiger partial charge is 0.285 e. The van der Waals surface area contributed by atoms with E-state index < -0.39 is 11.8 Å². The number of thioether (sulfide) groups is 1. The Labute approximate surface area is 293 Å². The summed E-state index contributed by atoms with van der Waals surface area (Å²) in [6.45, 7) is 0.896. The molecule has 0 unspecified atom stereocenters. The molecule has 0 atom stereocenters. The van der Waals surface area contributed by atoms with Crippen LogP contribution in [0.5, 0.6) is 23.0 Å². The Hall–Kier alpha value is -5.40. The summed E-state index contributed by atoms with van der Waals surface area (Å²) in [5.41, 5.74) is 3.13. The molecule has 0 N–H and O–H groups in total. The van der Waals surface area contributed by atoms with Crippen LogP contribution in [0.4, 0.5) is 0 Å². The third-order valence-electron chi connectivity index (χ3n) is 7.81. The molecule has 1 aliphatic rings. The van der Waals surface area contributed by atoms with Gasteiger partial charge in [0.25, 0.3) is 22.9 Å². The Kier molecular flexibility index (Phi) is 11.6. The molecule has 1 aliphatic heterocycles. The fourth-order valence-electron chi connectivity index (χ4n) is 5.06. The lowest BCUT2D eigenvalue weighted by Crippen LogP contribution is -2.30. The summed E-state index contributed by atoms with van der Waals surface area (Å²) in [6.07, 6.45) is 5.05. The zero-order chi connectivity index (χ0) is 34.7. The Bertz CT molecular complexity index is 1860. The van der Waals surface area contributed by atoms with Crippen LogP contribution in [0.1, 0.15) is 57.5 Å². The normalized spacial score (nSPS) is 12.2. The molecule has 5 aromatic rings. The minimum atomic E-state index is -0.414. The first kappa shape index (κ1) is 34.5. The molecule has 2 amide bonds. The average Bonchev–Trinajstić information content (AvgIpc) is 3.73. The van der Waals surface area contributed by atoms with Crippen molar-refractivity contribution in [2.45, 2.75) is 44.1 Å². The maximum absolute atomic E-state index is 12.4. The number of ether oxygens (including phenoxy) is 4. The number of amides is 2. The average molecular weight is 697 g/mol. The van der Waals surface area contributed by atoms with E-state index in [1.54, 1.807) is 50.7 Å². The second kappa shape index (κ2) is 16.8. The van der Waals surface area contributed by atoms with E-state index in [1.807, 2.05) is 48.5 Å². The van der Waals surface area contributed by atoms with E-state index in [0.29, 0.717) is 46.8 Å². The van der Waals surface area contributed by atoms with Crippen LogP contribution in [0, 0.1) is 0 Å². The van der Waals surface area contributed by atoms with Gasteiger partial charge < -0.3 is 23.4 Å². The number of unbranched alkanes of at least 4 members (excludes halogenated alkanes) is 3. The van der Waals surface area contributed by atoms with Gasteiger partial charge in [0.05, 0.1) is 38.2 Å². The number of hydroxylamine groups is 2. The number of hydrogen-bond acceptors (Lipinski definition) is 12. The molecule has 13 heteroatoms. The number of rotatable bonds is 18. The van der Waals surface area contributed by atoms with E-state index in [1.165, 1.54) is 11.8 Å². The van der Waals surface area contributed by atoms with Crippen LogP contribution in [-0.2, 0) is 18.1 Å². The first-order valence-electron chi connectivity index (χ1n) is 16.1. The van der Waals surface area contributed by atoms with Gasteiger partial charge >= 0.3 is 0 Å². The Morgan fingerprint density at radius 1 is 0.720 bits per heavy atom. The number of benzene rings is 3. The zero-order valence-electron chi connectivity index (χ0n) is 27.7. The van der Waals surface area contributed by atoms with Gasteiger partial charge in [0.15, 0.2) is 11.5 Å². The number of aromatic nitrogens is 3. The minimum absolute atomic E-state index is 0.272. The molecule has 0 bridgehead atoms. The molecule has 0 saturated carbocycles. The minimum Gasteiger partial charge on any atom is -0.497 e. The molecule has 3 heterocycles. The fourth-order valence-corrected chi connectivity index (χ4v) is 5.82. The fraction of sp³-hybridized carbons (Fsp3) is 0.270. The molecule has 6 rings (SSSR count). The van der Waals surface area contributed by atoms with Crippen molar-refractivity contribution in [3.63, 3.8) is 0 Å². The zero-order valence-corrected chi connectivity index (χ0v) is 28.5. The lowest BCUT2D eigenvalue weighted by atomic mass is 10.1. The van der Waals surface area contributed by atoms with E-state index in [2.05, 4.69) is 15.2 Å². The SMILES string of the molecule is COc1ccc(COc2cnc(-c3nnc(SCCCCCCON4C(=O)c5ccccc5C4=O)o3)cc2OCc2ccc(OC)cc2)cc1. The van der Waals surface area contributed by atoms with Crippen LogP contribution >= 0.6 is 11.8 Å². The van der Waals surface area contributed by atoms with Crippen LogP contribution in [0.2, 0.25) is 0 Å². The van der Waals surface area contributed by atoms with Gasteiger partial charge in [0, 0.05) is 11.8 Å². The van der Waals surface area contributed by atoms with E-state index in [4.69, 9.17) is 28.2 Å². The van der Waals surface area contributed by atoms with Gasteiger partial charge in [0.1, 0.15) is 30.4 Å². The van der Waals surface area contributed by atoms with E-state index in [-0.39, 0.29) is 12.5 Å². The van der Waals surface area contributed by atoms with Gasteiger partial charge in [-0.3, -0.25) is 14.4 Å². The molecule has 0 radical (unpaired) electrons. The first-order chi connectivity index (χ1) is 24.5. The van der Waals surface area contributed by atoms with Crippen LogP contribution in [0.25, 0.3) is 11.6 Å². The van der Waals surface area contributed by atoms with Crippen LogP contribution in [-0.4, -0.2) is 58.6 Å². The Morgan fingerprint density at radius 2 is 1.32 bits per heavy atom. The molecule has 0 aliphatic carbocycles. The van der Waals surface area contributed by atoms with Crippen LogP contribution in [0.3, 0.4) is 0 Å². The van der Waals surface area contributed by atoms with E-state index >= 15 is 0 Å². The first-order valence-corrected chi connectivity index (χ1v) is 17.1. The number of nitrogens with zero attached hydrogens (tertiary/aromatic N) is 4. The second-order valence-corrected chi connectivity index (χ2v) is 12.3. The molecular formula is C37H36N4O8S. The van der Waals surface area contributed by atoms with Crippen molar-refractivity contribution in [3.8, 4) is 34.6 Å². The van der Waals surface area contributed by atoms with Crippen molar-refractivity contribution in [3.05, 3.63) is 107 Å². The van der Waals surface area contributed by atoms with Crippen molar-refractivity contribution in [1.82, 2.24) is 20.2 Å². The predicted octanol–water partition coefficient (Wildman–Crippen LogP) is 7.19. The van der Waals surface area contributed by atoms with Crippen molar-refractivity contribution >= 4 is 23.6 Å². The molecule has 2 aromatic heterocycles. The Balaban J connectivity index is 0.986. The number of carbonyl (C=O) groups excluding carboxylic acids is 2. The van der Waals surface area contributed by atoms with Gasteiger partial charge in [-0.15, -0.1) is 15.3 Å². The molecule has 12 nitrogen and oxygen atoms in total. The van der Waals surface area contributed by atoms with E-state index in [9.17, 15) is 9.59 Å². The number of pyridine rings is 1. The number of methoxy groups -OCH3 is 2. The third-order valence-corrected chi connectivity index (χ3v) is 8.71. The summed E-state index contributed by atoms with van der Waals surface area (Å²) < 4.78 is 28.7. The van der Waals surface area contributed by atoms with E-state index in [0.717, 1.165) is 59.1 Å². The number of imide groups is 1. The van der Waals surface area contributed by atoms with Gasteiger partial charge in [0.2, 0.25) is 0 Å². The van der Waals surface area contributed by atoms with Crippen molar-refractivity contribution in [2.75, 3.05) is 26.6 Å². The maximum Gasteiger partial charge on any atom is 0.285 e. The summed E-state index contributed by atoms with van der Waals surface area (Å²) in [4.78, 5) is 34.8. The second-order valence-electron chi connectivity index (χ2n) is 11.2. The lowest BCUT2D eigenvalue weighted by Gasteiger charge is -2.14. The predicted molar refractivity (Wildman–Crippen MR) is 184 cm³/mol. The lowest BCUT2D eigenvalue weighted by molar-refractivity contribution is -0.0922. The van der Waals surface area contributed by atoms with Gasteiger partial charge in [-0.25, -0.2) is 4.98 Å². The highest BCUT2D eigenvalue weighted by Gasteiger charge is 2.36. The third kappa shape index (κ3) is 8.60. The molecule has 0 saturated heterocycles. The molecule has 3 aromatic carbocycles. The summed E-state index contributed by atoms with van der Waals surface area (Å²) >= 11 is 1.47. The van der Waals surface area contributed by atoms with Crippen molar-refractivity contribution in [2.24, 2.45) is 0 Å². The summed E-state index contributed by atoms with van der Waals surface area (Å²) in [5, 5.41) is 9.70. The topological polar surface area (TPSA) is 135 Å². The highest BCUT2D eigenvalue weighted by molar-refractivity contribution is 7.99. The van der Waals surface area contributed by atoms with Crippen LogP contribution in [0.15, 0.2) is 94.7 Å². The standard InChI is InChI=1S/C37H36N4O8S/c1-44-27-15-11-25(12-16-27)23-46-32-21-31(38-22-33(32)47-24-26-13-17-28(45-2)18-14-26)34-39-40-37(49-34)50-20-8-4-3-7-19-48-41-35(42)29-9-5-6-10-30(29)36(41)43/h5-6,9-18,21-22H,3-4,7-8,19-20,23-24H2,1-2H3. The van der Waals surface area contributed by atoms with Crippen molar-refractivity contribution < 1.29 is 37.8 Å². The highest BCUT2D eigenvalue weighted by Crippen LogP contribution is 2.33. The highest BCUT2D eigenvalue weighted by atomic mass is 32.2. The van der Waals surface area contributed by atoms with Crippen LogP contribution < -0.4 is 18.9 Å². The molecule has 0 fully saturated rings. The number of carbonyl (C=O) groups is 2. The molecule has 258 valence electrons. The molecule has 0 spiro atoms. The molecule has 50 heavy (non-hydrogen) atoms. The van der Waals surface area contributed by atoms with Gasteiger partial charge in [-0.05, 0) is 60.4 Å². The largest absolute Gasteiger partial charge is 0.497 e. The van der Waals surface area contributed by atoms with Gasteiger partial charge in [-0.2, -0.15) is 0 Å². The van der Waals surface area contributed by atoms with Crippen molar-refractivity contribution in [1.29, 1.82) is 0 Å². The Morgan fingerprint density at radius 3 is 1.94 bits per heavy atom. The number of hydrogen-bond donors (Lipinski definition) is 0. The molecular weight excluding hydrogens is 660 g/mol. The summed E-state index contributed by atoms with van der Waals surface area (Å²) in [5.74, 6) is 2.72. The maximum atomic E-state index is 12.4. The monoisotopic (exact) mass is 696 g/mol. The number of fused-ring (bicyclic) bond motifs is 1. The quantitative estimate of drug-likeness (QED) is 0.0521.